The molecule has 1 aromatic heterocycles. The van der Waals surface area contributed by atoms with Gasteiger partial charge < -0.3 is 16.0 Å². The average molecular weight is 357 g/mol. The summed E-state index contributed by atoms with van der Waals surface area (Å²) >= 11 is 1.36. The van der Waals surface area contributed by atoms with Gasteiger partial charge in [0, 0.05) is 30.3 Å². The van der Waals surface area contributed by atoms with E-state index in [1.54, 1.807) is 35.2 Å². The fraction of sp³-hybridized carbons (Fsp3) is 0.278. The monoisotopic (exact) mass is 357 g/mol. The third kappa shape index (κ3) is 4.06. The Morgan fingerprint density at radius 3 is 2.52 bits per heavy atom. The molecule has 0 aliphatic carbocycles. The van der Waals surface area contributed by atoms with Crippen molar-refractivity contribution >= 4 is 34.7 Å². The van der Waals surface area contributed by atoms with E-state index in [-0.39, 0.29) is 23.6 Å². The molecule has 3 N–H and O–H groups in total. The molecule has 3 amide bonds. The Kier molecular flexibility index (Phi) is 5.14. The first-order valence-corrected chi connectivity index (χ1v) is 8.96. The molecule has 6 nitrogen and oxygen atoms in total. The fourth-order valence-corrected chi connectivity index (χ4v) is 3.50. The van der Waals surface area contributed by atoms with Crippen molar-refractivity contribution < 1.29 is 14.4 Å². The van der Waals surface area contributed by atoms with E-state index < -0.39 is 0 Å². The minimum Gasteiger partial charge on any atom is -0.369 e. The molecule has 1 saturated heterocycles. The highest BCUT2D eigenvalue weighted by molar-refractivity contribution is 7.12. The van der Waals surface area contributed by atoms with Gasteiger partial charge in [0.2, 0.25) is 5.91 Å². The number of carbonyl (C=O) groups is 3. The number of primary amides is 1. The lowest BCUT2D eigenvalue weighted by molar-refractivity contribution is -0.123. The van der Waals surface area contributed by atoms with Gasteiger partial charge >= 0.3 is 0 Å². The van der Waals surface area contributed by atoms with E-state index in [2.05, 4.69) is 5.32 Å². The molecule has 3 rings (SSSR count). The molecule has 2 heterocycles. The molecule has 1 fully saturated rings. The van der Waals surface area contributed by atoms with Crippen molar-refractivity contribution in [2.75, 3.05) is 18.4 Å². The molecule has 0 unspecified atom stereocenters. The van der Waals surface area contributed by atoms with Gasteiger partial charge in [-0.1, -0.05) is 12.1 Å². The van der Waals surface area contributed by atoms with Crippen molar-refractivity contribution in [1.29, 1.82) is 0 Å². The summed E-state index contributed by atoms with van der Waals surface area (Å²) in [5.41, 5.74) is 6.42. The minimum atomic E-state index is -0.301. The SMILES string of the molecule is NC(=O)C1CCN(C(=O)c2cccc(NC(=O)c3cccs3)c2)CC1. The van der Waals surface area contributed by atoms with Crippen LogP contribution < -0.4 is 11.1 Å². The molecule has 1 aliphatic rings. The molecule has 0 bridgehead atoms. The van der Waals surface area contributed by atoms with Gasteiger partial charge in [-0.15, -0.1) is 11.3 Å². The average Bonchev–Trinajstić information content (AvgIpc) is 3.16. The molecule has 25 heavy (non-hydrogen) atoms. The topological polar surface area (TPSA) is 92.5 Å². The third-order valence-corrected chi connectivity index (χ3v) is 5.17. The first-order valence-electron chi connectivity index (χ1n) is 8.08. The Morgan fingerprint density at radius 2 is 1.88 bits per heavy atom. The maximum absolute atomic E-state index is 12.6. The van der Waals surface area contributed by atoms with Crippen LogP contribution in [0, 0.1) is 5.92 Å². The van der Waals surface area contributed by atoms with Crippen LogP contribution in [0.4, 0.5) is 5.69 Å². The highest BCUT2D eigenvalue weighted by Crippen LogP contribution is 2.20. The van der Waals surface area contributed by atoms with Crippen LogP contribution in [-0.4, -0.2) is 35.7 Å². The van der Waals surface area contributed by atoms with Gasteiger partial charge in [0.05, 0.1) is 4.88 Å². The van der Waals surface area contributed by atoms with Crippen LogP contribution in [0.25, 0.3) is 0 Å². The summed E-state index contributed by atoms with van der Waals surface area (Å²) in [4.78, 5) is 38.3. The van der Waals surface area contributed by atoms with Crippen molar-refractivity contribution in [2.24, 2.45) is 11.7 Å². The number of anilines is 1. The summed E-state index contributed by atoms with van der Waals surface area (Å²) in [5, 5.41) is 4.64. The fourth-order valence-electron chi connectivity index (χ4n) is 2.88. The van der Waals surface area contributed by atoms with Gasteiger partial charge in [-0.05, 0) is 42.5 Å². The van der Waals surface area contributed by atoms with Gasteiger partial charge in [0.1, 0.15) is 0 Å². The first kappa shape index (κ1) is 17.2. The minimum absolute atomic E-state index is 0.102. The largest absolute Gasteiger partial charge is 0.369 e. The number of rotatable bonds is 4. The lowest BCUT2D eigenvalue weighted by atomic mass is 9.96. The number of benzene rings is 1. The van der Waals surface area contributed by atoms with Crippen molar-refractivity contribution in [3.8, 4) is 0 Å². The van der Waals surface area contributed by atoms with Crippen LogP contribution in [-0.2, 0) is 4.79 Å². The molecular weight excluding hydrogens is 338 g/mol. The van der Waals surface area contributed by atoms with Gasteiger partial charge in [-0.2, -0.15) is 0 Å². The summed E-state index contributed by atoms with van der Waals surface area (Å²) in [6.07, 6.45) is 1.19. The number of nitrogens with one attached hydrogen (secondary N) is 1. The molecular formula is C18H19N3O3S. The van der Waals surface area contributed by atoms with Crippen molar-refractivity contribution in [2.45, 2.75) is 12.8 Å². The van der Waals surface area contributed by atoms with Gasteiger partial charge in [-0.25, -0.2) is 0 Å². The Balaban J connectivity index is 1.66. The number of hydrogen-bond acceptors (Lipinski definition) is 4. The standard InChI is InChI=1S/C18H19N3O3S/c19-16(22)12-6-8-21(9-7-12)18(24)13-3-1-4-14(11-13)20-17(23)15-5-2-10-25-15/h1-5,10-12H,6-9H2,(H2,19,22)(H,20,23). The first-order chi connectivity index (χ1) is 12.0. The zero-order valence-electron chi connectivity index (χ0n) is 13.6. The Morgan fingerprint density at radius 1 is 1.12 bits per heavy atom. The van der Waals surface area contributed by atoms with Crippen LogP contribution >= 0.6 is 11.3 Å². The summed E-state index contributed by atoms with van der Waals surface area (Å²) < 4.78 is 0. The molecule has 2 aromatic rings. The molecule has 0 saturated carbocycles. The number of piperidine rings is 1. The summed E-state index contributed by atoms with van der Waals surface area (Å²) in [6.45, 7) is 1.02. The van der Waals surface area contributed by atoms with Gasteiger partial charge in [0.25, 0.3) is 11.8 Å². The van der Waals surface area contributed by atoms with Crippen LogP contribution in [0.5, 0.6) is 0 Å². The van der Waals surface area contributed by atoms with Crippen LogP contribution in [0.2, 0.25) is 0 Å². The van der Waals surface area contributed by atoms with Crippen molar-refractivity contribution in [3.63, 3.8) is 0 Å². The number of thiophene rings is 1. The molecule has 1 aromatic carbocycles. The Hall–Kier alpha value is -2.67. The van der Waals surface area contributed by atoms with Crippen LogP contribution in [0.3, 0.4) is 0 Å². The Bertz CT molecular complexity index is 781. The number of hydrogen-bond donors (Lipinski definition) is 2. The Labute approximate surface area is 149 Å². The summed E-state index contributed by atoms with van der Waals surface area (Å²) in [6, 6.07) is 10.5. The number of nitrogens with zero attached hydrogens (tertiary/aromatic N) is 1. The summed E-state index contributed by atoms with van der Waals surface area (Å²) in [7, 11) is 0. The quantitative estimate of drug-likeness (QED) is 0.879. The second-order valence-corrected chi connectivity index (χ2v) is 6.93. The summed E-state index contributed by atoms with van der Waals surface area (Å²) in [5.74, 6) is -0.747. The molecule has 0 spiro atoms. The molecule has 0 radical (unpaired) electrons. The predicted molar refractivity (Wildman–Crippen MR) is 96.5 cm³/mol. The lowest BCUT2D eigenvalue weighted by Crippen LogP contribution is -2.41. The zero-order valence-corrected chi connectivity index (χ0v) is 14.4. The van der Waals surface area contributed by atoms with E-state index in [1.165, 1.54) is 11.3 Å². The number of carbonyl (C=O) groups excluding carboxylic acids is 3. The van der Waals surface area contributed by atoms with E-state index in [1.807, 2.05) is 11.4 Å². The number of likely N-dealkylation sites (tertiary alicyclic amines) is 1. The van der Waals surface area contributed by atoms with E-state index in [0.717, 1.165) is 0 Å². The third-order valence-electron chi connectivity index (χ3n) is 4.30. The van der Waals surface area contributed by atoms with Gasteiger partial charge in [-0.3, -0.25) is 14.4 Å². The predicted octanol–water partition coefficient (Wildman–Crippen LogP) is 2.34. The van der Waals surface area contributed by atoms with E-state index >= 15 is 0 Å². The molecule has 1 aliphatic heterocycles. The van der Waals surface area contributed by atoms with E-state index in [0.29, 0.717) is 42.1 Å². The highest BCUT2D eigenvalue weighted by Gasteiger charge is 2.26. The maximum atomic E-state index is 12.6. The van der Waals surface area contributed by atoms with E-state index in [4.69, 9.17) is 5.73 Å². The lowest BCUT2D eigenvalue weighted by Gasteiger charge is -2.30. The second-order valence-electron chi connectivity index (χ2n) is 5.98. The van der Waals surface area contributed by atoms with Crippen molar-refractivity contribution in [3.05, 3.63) is 52.2 Å². The normalized spacial score (nSPS) is 15.0. The molecule has 0 atom stereocenters. The molecule has 7 heteroatoms. The van der Waals surface area contributed by atoms with Crippen LogP contribution in [0.15, 0.2) is 41.8 Å². The highest BCUT2D eigenvalue weighted by atomic mass is 32.1. The zero-order chi connectivity index (χ0) is 17.8. The van der Waals surface area contributed by atoms with Gasteiger partial charge in [0.15, 0.2) is 0 Å². The number of nitrogens with two attached hydrogens (primary N) is 1. The van der Waals surface area contributed by atoms with Crippen LogP contribution in [0.1, 0.15) is 32.9 Å². The molecule has 130 valence electrons. The smallest absolute Gasteiger partial charge is 0.265 e. The second kappa shape index (κ2) is 7.48. The van der Waals surface area contributed by atoms with E-state index in [9.17, 15) is 14.4 Å². The van der Waals surface area contributed by atoms with Crippen molar-refractivity contribution in [1.82, 2.24) is 4.90 Å². The number of amides is 3. The maximum Gasteiger partial charge on any atom is 0.265 e.